The lowest BCUT2D eigenvalue weighted by atomic mass is 10.0. The number of methoxy groups -OCH3 is 1. The smallest absolute Gasteiger partial charge is 0.269 e. The molecule has 45 heavy (non-hydrogen) atoms. The van der Waals surface area contributed by atoms with Gasteiger partial charge in [0.15, 0.2) is 0 Å². The number of halogens is 1. The molecule has 1 N–H and O–H groups in total. The predicted octanol–water partition coefficient (Wildman–Crippen LogP) is 5.15. The number of likely N-dealkylation sites (N-methyl/N-ethyl adjacent to an activating group) is 2. The number of nitro groups is 1. The van der Waals surface area contributed by atoms with Crippen LogP contribution in [0.4, 0.5) is 17.1 Å². The molecule has 5 rings (SSSR count). The fourth-order valence-corrected chi connectivity index (χ4v) is 5.91. The van der Waals surface area contributed by atoms with Crippen molar-refractivity contribution in [2.45, 2.75) is 25.6 Å². The minimum Gasteiger partial charge on any atom is -0.496 e. The third-order valence-electron chi connectivity index (χ3n) is 8.15. The number of para-hydroxylation sites is 2. The molecule has 1 aliphatic rings. The lowest BCUT2D eigenvalue weighted by Gasteiger charge is -2.33. The van der Waals surface area contributed by atoms with Crippen molar-refractivity contribution in [3.05, 3.63) is 105 Å². The Hall–Kier alpha value is -4.81. The largest absolute Gasteiger partial charge is 0.496 e. The van der Waals surface area contributed by atoms with Gasteiger partial charge in [-0.2, -0.15) is 0 Å². The average molecular weight is 675 g/mol. The number of amides is 3. The molecule has 0 aromatic heterocycles. The van der Waals surface area contributed by atoms with E-state index in [1.54, 1.807) is 57.3 Å². The summed E-state index contributed by atoms with van der Waals surface area (Å²) in [6.45, 7) is 1.66. The molecule has 232 valence electrons. The lowest BCUT2D eigenvalue weighted by Crippen LogP contribution is -2.56. The van der Waals surface area contributed by atoms with Gasteiger partial charge in [-0.25, -0.2) is 0 Å². The zero-order valence-corrected chi connectivity index (χ0v) is 26.8. The number of rotatable bonds is 8. The van der Waals surface area contributed by atoms with Gasteiger partial charge in [0.2, 0.25) is 5.91 Å². The molecule has 0 saturated carbocycles. The second-order valence-electron chi connectivity index (χ2n) is 10.7. The Morgan fingerprint density at radius 2 is 1.78 bits per heavy atom. The van der Waals surface area contributed by atoms with Gasteiger partial charge in [-0.15, -0.1) is 0 Å². The molecular weight excluding hydrogens is 642 g/mol. The molecule has 4 aromatic rings. The zero-order chi connectivity index (χ0) is 32.4. The Labute approximate surface area is 268 Å². The van der Waals surface area contributed by atoms with E-state index in [9.17, 15) is 24.5 Å². The highest BCUT2D eigenvalue weighted by atomic mass is 79.9. The van der Waals surface area contributed by atoms with Crippen LogP contribution in [0.5, 0.6) is 5.75 Å². The van der Waals surface area contributed by atoms with E-state index in [0.29, 0.717) is 17.1 Å². The normalized spacial score (nSPS) is 15.3. The number of non-ortho nitro benzene ring substituents is 1. The fourth-order valence-electron chi connectivity index (χ4n) is 5.53. The van der Waals surface area contributed by atoms with E-state index in [-0.39, 0.29) is 36.2 Å². The molecule has 1 heterocycles. The molecule has 1 aliphatic heterocycles. The van der Waals surface area contributed by atoms with Crippen molar-refractivity contribution in [3.63, 3.8) is 0 Å². The number of hydrogen-bond acceptors (Lipinski definition) is 7. The second-order valence-corrected chi connectivity index (χ2v) is 11.6. The number of fused-ring (bicyclic) bond motifs is 2. The van der Waals surface area contributed by atoms with Crippen molar-refractivity contribution < 1.29 is 24.0 Å². The summed E-state index contributed by atoms with van der Waals surface area (Å²) in [6, 6.07) is 20.4. The van der Waals surface area contributed by atoms with Crippen LogP contribution in [-0.2, 0) is 16.1 Å². The number of benzene rings is 4. The highest BCUT2D eigenvalue weighted by Crippen LogP contribution is 2.38. The van der Waals surface area contributed by atoms with Crippen LogP contribution in [-0.4, -0.2) is 67.4 Å². The summed E-state index contributed by atoms with van der Waals surface area (Å²) in [5.41, 5.74) is 1.75. The number of carbonyl (C=O) groups is 3. The first-order chi connectivity index (χ1) is 21.5. The molecule has 2 atom stereocenters. The van der Waals surface area contributed by atoms with Crippen molar-refractivity contribution in [1.29, 1.82) is 0 Å². The topological polar surface area (TPSA) is 125 Å². The number of nitro benzene ring substituents is 1. The fraction of sp³-hybridized carbons (Fsp3) is 0.242. The van der Waals surface area contributed by atoms with Crippen molar-refractivity contribution >= 4 is 61.5 Å². The molecule has 0 spiro atoms. The predicted molar refractivity (Wildman–Crippen MR) is 176 cm³/mol. The van der Waals surface area contributed by atoms with E-state index >= 15 is 0 Å². The Morgan fingerprint density at radius 3 is 2.42 bits per heavy atom. The van der Waals surface area contributed by atoms with E-state index in [2.05, 4.69) is 21.2 Å². The SMILES string of the molecule is CNC(C)C(=O)N(C)C1CN(C(=O)c2ccc([N+](=O)[O-])cc2)c2ccccc2N(Cc2c(OC)ccc3cc(Br)ccc23)C1=O. The molecule has 3 amide bonds. The molecule has 2 unspecified atom stereocenters. The first kappa shape index (κ1) is 31.6. The number of hydrogen-bond donors (Lipinski definition) is 1. The third kappa shape index (κ3) is 6.11. The van der Waals surface area contributed by atoms with Crippen LogP contribution in [0.25, 0.3) is 10.8 Å². The Bertz CT molecular complexity index is 1800. The van der Waals surface area contributed by atoms with Gasteiger partial charge >= 0.3 is 0 Å². The minimum absolute atomic E-state index is 0.0949. The van der Waals surface area contributed by atoms with Gasteiger partial charge in [0, 0.05) is 34.8 Å². The third-order valence-corrected chi connectivity index (χ3v) is 8.64. The second kappa shape index (κ2) is 13.0. The number of nitrogens with zero attached hydrogens (tertiary/aromatic N) is 4. The molecule has 0 radical (unpaired) electrons. The van der Waals surface area contributed by atoms with Gasteiger partial charge in [0.1, 0.15) is 11.8 Å². The van der Waals surface area contributed by atoms with Crippen molar-refractivity contribution in [2.24, 2.45) is 0 Å². The molecule has 0 saturated heterocycles. The summed E-state index contributed by atoms with van der Waals surface area (Å²) in [5, 5.41) is 16.0. The van der Waals surface area contributed by atoms with Crippen LogP contribution in [0.1, 0.15) is 22.8 Å². The van der Waals surface area contributed by atoms with Crippen LogP contribution in [0.3, 0.4) is 0 Å². The molecule has 11 nitrogen and oxygen atoms in total. The van der Waals surface area contributed by atoms with Crippen LogP contribution in [0.15, 0.2) is 83.3 Å². The highest BCUT2D eigenvalue weighted by Gasteiger charge is 2.40. The molecule has 4 aromatic carbocycles. The van der Waals surface area contributed by atoms with Gasteiger partial charge in [-0.3, -0.25) is 24.5 Å². The summed E-state index contributed by atoms with van der Waals surface area (Å²) in [4.78, 5) is 57.3. The first-order valence-electron chi connectivity index (χ1n) is 14.2. The standard InChI is InChI=1S/C33H32BrN5O6/c1-20(35-2)31(40)36(3)29-19-38(32(41)21-9-13-24(14-10-21)39(43)44)28-8-6-5-7-27(28)37(33(29)42)18-26-25-15-12-23(34)17-22(25)11-16-30(26)45-4/h5-17,20,29,35H,18-19H2,1-4H3. The van der Waals surface area contributed by atoms with Crippen molar-refractivity contribution in [1.82, 2.24) is 10.2 Å². The Balaban J connectivity index is 1.67. The van der Waals surface area contributed by atoms with Gasteiger partial charge < -0.3 is 24.8 Å². The number of anilines is 2. The summed E-state index contributed by atoms with van der Waals surface area (Å²) in [7, 11) is 4.78. The first-order valence-corrected chi connectivity index (χ1v) is 15.0. The Kier molecular flexibility index (Phi) is 9.16. The van der Waals surface area contributed by atoms with Crippen molar-refractivity contribution in [3.8, 4) is 5.75 Å². The van der Waals surface area contributed by atoms with Crippen LogP contribution in [0, 0.1) is 10.1 Å². The zero-order valence-electron chi connectivity index (χ0n) is 25.2. The summed E-state index contributed by atoms with van der Waals surface area (Å²) < 4.78 is 6.65. The van der Waals surface area contributed by atoms with Crippen LogP contribution < -0.4 is 19.9 Å². The van der Waals surface area contributed by atoms with E-state index in [4.69, 9.17) is 4.74 Å². The monoisotopic (exact) mass is 673 g/mol. The van der Waals surface area contributed by atoms with Gasteiger partial charge in [0.05, 0.1) is 42.5 Å². The van der Waals surface area contributed by atoms with E-state index in [1.165, 1.54) is 34.1 Å². The number of nitrogens with one attached hydrogen (secondary N) is 1. The van der Waals surface area contributed by atoms with E-state index < -0.39 is 22.9 Å². The van der Waals surface area contributed by atoms with E-state index in [1.807, 2.05) is 30.3 Å². The molecular formula is C33H32BrN5O6. The molecule has 0 fully saturated rings. The summed E-state index contributed by atoms with van der Waals surface area (Å²) >= 11 is 3.53. The molecule has 0 bridgehead atoms. The maximum atomic E-state index is 14.6. The minimum atomic E-state index is -1.06. The van der Waals surface area contributed by atoms with E-state index in [0.717, 1.165) is 20.8 Å². The summed E-state index contributed by atoms with van der Waals surface area (Å²) in [6.07, 6.45) is 0. The maximum Gasteiger partial charge on any atom is 0.269 e. The quantitative estimate of drug-likeness (QED) is 0.203. The highest BCUT2D eigenvalue weighted by molar-refractivity contribution is 9.10. The van der Waals surface area contributed by atoms with Gasteiger partial charge in [-0.1, -0.05) is 40.2 Å². The van der Waals surface area contributed by atoms with Gasteiger partial charge in [0.25, 0.3) is 17.5 Å². The Morgan fingerprint density at radius 1 is 1.09 bits per heavy atom. The number of carbonyl (C=O) groups excluding carboxylic acids is 3. The van der Waals surface area contributed by atoms with Crippen LogP contribution >= 0.6 is 15.9 Å². The summed E-state index contributed by atoms with van der Waals surface area (Å²) in [5.74, 6) is -0.580. The number of ether oxygens (including phenoxy) is 1. The average Bonchev–Trinajstić information content (AvgIpc) is 3.17. The van der Waals surface area contributed by atoms with Crippen LogP contribution in [0.2, 0.25) is 0 Å². The molecule has 0 aliphatic carbocycles. The van der Waals surface area contributed by atoms with Gasteiger partial charge in [-0.05, 0) is 67.2 Å². The maximum absolute atomic E-state index is 14.6. The lowest BCUT2D eigenvalue weighted by molar-refractivity contribution is -0.384. The van der Waals surface area contributed by atoms with Crippen molar-refractivity contribution in [2.75, 3.05) is 37.5 Å². The molecule has 12 heteroatoms.